The molecule has 0 fully saturated rings. The summed E-state index contributed by atoms with van der Waals surface area (Å²) in [5.74, 6) is -3.65. The molecular formula is C17H22ClN3O4. The van der Waals surface area contributed by atoms with Gasteiger partial charge in [-0.1, -0.05) is 31.5 Å². The van der Waals surface area contributed by atoms with Crippen molar-refractivity contribution < 1.29 is 19.8 Å². The number of benzene rings is 1. The Bertz CT molecular complexity index is 708. The number of hydrogen-bond donors (Lipinski definition) is 3. The Labute approximate surface area is 151 Å². The molecule has 0 aliphatic heterocycles. The Morgan fingerprint density at radius 1 is 1.20 bits per heavy atom. The van der Waals surface area contributed by atoms with E-state index in [2.05, 4.69) is 29.0 Å². The van der Waals surface area contributed by atoms with Crippen molar-refractivity contribution in [3.63, 3.8) is 0 Å². The van der Waals surface area contributed by atoms with E-state index in [1.54, 1.807) is 0 Å². The standard InChI is InChI=1S/C15H20ClN3.C2H2O4/c1-3-19(4-2)9-8-17-14-11-13(16)10-12-6-5-7-18-15(12)14;3-1(4)2(5)6/h5-7,10-11,17H,3-4,8-9H2,1-2H3;(H,3,4)(H,5,6). The first-order chi connectivity index (χ1) is 11.9. The molecule has 1 aromatic heterocycles. The van der Waals surface area contributed by atoms with Crippen LogP contribution in [0.2, 0.25) is 5.02 Å². The number of halogens is 1. The molecule has 0 saturated heterocycles. The van der Waals surface area contributed by atoms with Gasteiger partial charge in [-0.25, -0.2) is 9.59 Å². The maximum absolute atomic E-state index is 9.10. The number of rotatable bonds is 6. The fourth-order valence-corrected chi connectivity index (χ4v) is 2.41. The molecule has 2 rings (SSSR count). The van der Waals surface area contributed by atoms with E-state index in [0.717, 1.165) is 47.8 Å². The highest BCUT2D eigenvalue weighted by molar-refractivity contribution is 6.31. The highest BCUT2D eigenvalue weighted by Crippen LogP contribution is 2.25. The SMILES string of the molecule is CCN(CC)CCNc1cc(Cl)cc2cccnc12.O=C(O)C(=O)O. The third kappa shape index (κ3) is 6.94. The van der Waals surface area contributed by atoms with Crippen LogP contribution < -0.4 is 5.32 Å². The minimum Gasteiger partial charge on any atom is -0.473 e. The number of hydrogen-bond acceptors (Lipinski definition) is 5. The average Bonchev–Trinajstić information content (AvgIpc) is 2.59. The van der Waals surface area contributed by atoms with E-state index >= 15 is 0 Å². The summed E-state index contributed by atoms with van der Waals surface area (Å²) in [5.41, 5.74) is 1.99. The van der Waals surface area contributed by atoms with Crippen molar-refractivity contribution in [2.75, 3.05) is 31.5 Å². The van der Waals surface area contributed by atoms with Gasteiger partial charge in [0, 0.05) is 29.7 Å². The fourth-order valence-electron chi connectivity index (χ4n) is 2.18. The second kappa shape index (κ2) is 10.5. The maximum Gasteiger partial charge on any atom is 0.414 e. The van der Waals surface area contributed by atoms with Crippen LogP contribution >= 0.6 is 11.6 Å². The lowest BCUT2D eigenvalue weighted by molar-refractivity contribution is -0.159. The van der Waals surface area contributed by atoms with Gasteiger partial charge in [0.15, 0.2) is 0 Å². The molecule has 1 aromatic carbocycles. The summed E-state index contributed by atoms with van der Waals surface area (Å²) in [4.78, 5) is 25.0. The molecule has 0 aliphatic rings. The Morgan fingerprint density at radius 3 is 2.40 bits per heavy atom. The average molecular weight is 368 g/mol. The summed E-state index contributed by atoms with van der Waals surface area (Å²) in [6.07, 6.45) is 1.81. The second-order valence-electron chi connectivity index (χ2n) is 5.09. The van der Waals surface area contributed by atoms with Crippen molar-refractivity contribution in [3.8, 4) is 0 Å². The molecule has 0 atom stereocenters. The molecule has 25 heavy (non-hydrogen) atoms. The molecule has 0 unspecified atom stereocenters. The number of carboxylic acids is 2. The van der Waals surface area contributed by atoms with Crippen LogP contribution in [0.5, 0.6) is 0 Å². The molecule has 0 amide bonds. The smallest absolute Gasteiger partial charge is 0.414 e. The zero-order chi connectivity index (χ0) is 18.8. The largest absolute Gasteiger partial charge is 0.473 e. The third-order valence-corrected chi connectivity index (χ3v) is 3.71. The number of nitrogens with zero attached hydrogens (tertiary/aromatic N) is 2. The van der Waals surface area contributed by atoms with E-state index in [4.69, 9.17) is 31.4 Å². The Morgan fingerprint density at radius 2 is 1.84 bits per heavy atom. The number of nitrogens with one attached hydrogen (secondary N) is 1. The monoisotopic (exact) mass is 367 g/mol. The van der Waals surface area contributed by atoms with Gasteiger partial charge < -0.3 is 20.4 Å². The molecule has 3 N–H and O–H groups in total. The predicted octanol–water partition coefficient (Wildman–Crippen LogP) is 2.80. The highest BCUT2D eigenvalue weighted by atomic mass is 35.5. The lowest BCUT2D eigenvalue weighted by Crippen LogP contribution is -2.28. The topological polar surface area (TPSA) is 103 Å². The number of carboxylic acid groups (broad SMARTS) is 2. The lowest BCUT2D eigenvalue weighted by atomic mass is 10.2. The van der Waals surface area contributed by atoms with E-state index in [1.165, 1.54) is 0 Å². The second-order valence-corrected chi connectivity index (χ2v) is 5.53. The molecule has 0 radical (unpaired) electrons. The van der Waals surface area contributed by atoms with Crippen LogP contribution in [0.1, 0.15) is 13.8 Å². The summed E-state index contributed by atoms with van der Waals surface area (Å²) in [6.45, 7) is 8.43. The van der Waals surface area contributed by atoms with E-state index in [0.29, 0.717) is 0 Å². The summed E-state index contributed by atoms with van der Waals surface area (Å²) in [5, 5.41) is 20.0. The minimum atomic E-state index is -1.82. The molecule has 0 spiro atoms. The number of aliphatic carboxylic acids is 2. The molecule has 0 aliphatic carbocycles. The van der Waals surface area contributed by atoms with Crippen LogP contribution in [0.4, 0.5) is 5.69 Å². The Kier molecular flexibility index (Phi) is 8.66. The number of pyridine rings is 1. The summed E-state index contributed by atoms with van der Waals surface area (Å²) < 4.78 is 0. The molecule has 0 saturated carbocycles. The molecule has 2 aromatic rings. The number of carbonyl (C=O) groups is 2. The summed E-state index contributed by atoms with van der Waals surface area (Å²) >= 11 is 6.14. The van der Waals surface area contributed by atoms with Crippen LogP contribution in [0, 0.1) is 0 Å². The van der Waals surface area contributed by atoms with Gasteiger partial charge in [0.1, 0.15) is 0 Å². The molecule has 0 bridgehead atoms. The number of anilines is 1. The summed E-state index contributed by atoms with van der Waals surface area (Å²) in [6, 6.07) is 7.85. The zero-order valence-corrected chi connectivity index (χ0v) is 15.0. The first kappa shape index (κ1) is 20.7. The van der Waals surface area contributed by atoms with E-state index in [-0.39, 0.29) is 0 Å². The van der Waals surface area contributed by atoms with Gasteiger partial charge in [0.2, 0.25) is 0 Å². The van der Waals surface area contributed by atoms with Crippen LogP contribution in [0.15, 0.2) is 30.5 Å². The van der Waals surface area contributed by atoms with Crippen molar-refractivity contribution in [2.45, 2.75) is 13.8 Å². The zero-order valence-electron chi connectivity index (χ0n) is 14.2. The normalized spacial score (nSPS) is 10.2. The van der Waals surface area contributed by atoms with E-state index < -0.39 is 11.9 Å². The van der Waals surface area contributed by atoms with Gasteiger partial charge >= 0.3 is 11.9 Å². The number of likely N-dealkylation sites (N-methyl/N-ethyl adjacent to an activating group) is 1. The quantitative estimate of drug-likeness (QED) is 0.674. The van der Waals surface area contributed by atoms with Gasteiger partial charge in [-0.3, -0.25) is 4.98 Å². The lowest BCUT2D eigenvalue weighted by Gasteiger charge is -2.18. The maximum atomic E-state index is 9.10. The van der Waals surface area contributed by atoms with Crippen molar-refractivity contribution in [2.24, 2.45) is 0 Å². The Hall–Kier alpha value is -2.38. The van der Waals surface area contributed by atoms with Gasteiger partial charge in [0.05, 0.1) is 11.2 Å². The third-order valence-electron chi connectivity index (χ3n) is 3.49. The van der Waals surface area contributed by atoms with Crippen molar-refractivity contribution in [1.82, 2.24) is 9.88 Å². The molecule has 1 heterocycles. The summed E-state index contributed by atoms with van der Waals surface area (Å²) in [7, 11) is 0. The number of aromatic nitrogens is 1. The molecule has 136 valence electrons. The van der Waals surface area contributed by atoms with Crippen molar-refractivity contribution in [3.05, 3.63) is 35.5 Å². The van der Waals surface area contributed by atoms with Gasteiger partial charge in [0.25, 0.3) is 0 Å². The van der Waals surface area contributed by atoms with Crippen LogP contribution in [-0.4, -0.2) is 58.2 Å². The van der Waals surface area contributed by atoms with Crippen LogP contribution in [0.25, 0.3) is 10.9 Å². The molecular weight excluding hydrogens is 346 g/mol. The first-order valence-electron chi connectivity index (χ1n) is 7.85. The fraction of sp³-hybridized carbons (Fsp3) is 0.353. The van der Waals surface area contributed by atoms with E-state index in [1.807, 2.05) is 30.5 Å². The molecule has 7 nitrogen and oxygen atoms in total. The minimum absolute atomic E-state index is 0.742. The van der Waals surface area contributed by atoms with Crippen LogP contribution in [0.3, 0.4) is 0 Å². The van der Waals surface area contributed by atoms with Gasteiger partial charge in [-0.15, -0.1) is 0 Å². The van der Waals surface area contributed by atoms with Crippen molar-refractivity contribution in [1.29, 1.82) is 0 Å². The first-order valence-corrected chi connectivity index (χ1v) is 8.23. The van der Waals surface area contributed by atoms with Gasteiger partial charge in [-0.05, 0) is 31.3 Å². The van der Waals surface area contributed by atoms with Gasteiger partial charge in [-0.2, -0.15) is 0 Å². The predicted molar refractivity (Wildman–Crippen MR) is 98.3 cm³/mol. The van der Waals surface area contributed by atoms with Crippen molar-refractivity contribution >= 4 is 40.1 Å². The molecule has 8 heteroatoms. The Balaban J connectivity index is 0.000000450. The van der Waals surface area contributed by atoms with E-state index in [9.17, 15) is 0 Å². The van der Waals surface area contributed by atoms with Crippen LogP contribution in [-0.2, 0) is 9.59 Å². The highest BCUT2D eigenvalue weighted by Gasteiger charge is 2.05. The number of fused-ring (bicyclic) bond motifs is 1.